The lowest BCUT2D eigenvalue weighted by Gasteiger charge is -2.00. The predicted molar refractivity (Wildman–Crippen MR) is 67.2 cm³/mol. The van der Waals surface area contributed by atoms with Gasteiger partial charge in [0.2, 0.25) is 0 Å². The number of para-hydroxylation sites is 2. The van der Waals surface area contributed by atoms with E-state index in [0.717, 1.165) is 22.7 Å². The Kier molecular flexibility index (Phi) is 2.00. The second-order valence-corrected chi connectivity index (χ2v) is 4.78. The zero-order valence-corrected chi connectivity index (χ0v) is 9.87. The van der Waals surface area contributed by atoms with E-state index in [4.69, 9.17) is 0 Å². The third-order valence-electron chi connectivity index (χ3n) is 3.34. The molecule has 1 fully saturated rings. The number of nitrogens with one attached hydrogen (secondary N) is 1. The highest BCUT2D eigenvalue weighted by Gasteiger charge is 2.27. The molecule has 1 N–H and O–H groups in total. The number of benzene rings is 1. The molecule has 0 aliphatic heterocycles. The van der Waals surface area contributed by atoms with Gasteiger partial charge >= 0.3 is 0 Å². The summed E-state index contributed by atoms with van der Waals surface area (Å²) < 4.78 is 2.09. The lowest BCUT2D eigenvalue weighted by molar-refractivity contribution is 0.768. The first kappa shape index (κ1) is 9.82. The topological polar surface area (TPSA) is 59.4 Å². The summed E-state index contributed by atoms with van der Waals surface area (Å²) in [5.74, 6) is 2.46. The van der Waals surface area contributed by atoms with Gasteiger partial charge in [0.15, 0.2) is 5.82 Å². The van der Waals surface area contributed by atoms with Crippen molar-refractivity contribution in [2.24, 2.45) is 0 Å². The fraction of sp³-hybridized carbons (Fsp3) is 0.308. The van der Waals surface area contributed by atoms with Crippen LogP contribution in [-0.2, 0) is 6.54 Å². The van der Waals surface area contributed by atoms with E-state index in [9.17, 15) is 0 Å². The molecule has 0 saturated heterocycles. The molecule has 18 heavy (non-hydrogen) atoms. The molecule has 5 heteroatoms. The molecule has 1 saturated carbocycles. The van der Waals surface area contributed by atoms with Crippen molar-refractivity contribution in [2.45, 2.75) is 25.3 Å². The monoisotopic (exact) mass is 239 g/mol. The predicted octanol–water partition coefficient (Wildman–Crippen LogP) is 2.08. The van der Waals surface area contributed by atoms with Crippen molar-refractivity contribution < 1.29 is 0 Å². The number of hydrogen-bond donors (Lipinski definition) is 1. The average Bonchev–Trinajstić information content (AvgIpc) is 3.02. The van der Waals surface area contributed by atoms with Gasteiger partial charge in [0, 0.05) is 5.92 Å². The SMILES string of the molecule is c1ccc2c(c1)ncn2Cc1nc(C2CC2)n[nH]1. The van der Waals surface area contributed by atoms with Gasteiger partial charge in [0.1, 0.15) is 5.82 Å². The summed E-state index contributed by atoms with van der Waals surface area (Å²) in [5, 5.41) is 7.29. The fourth-order valence-corrected chi connectivity index (χ4v) is 2.20. The van der Waals surface area contributed by atoms with Crippen molar-refractivity contribution in [3.63, 3.8) is 0 Å². The summed E-state index contributed by atoms with van der Waals surface area (Å²) in [4.78, 5) is 8.91. The van der Waals surface area contributed by atoms with Crippen LogP contribution in [0.5, 0.6) is 0 Å². The molecule has 5 nitrogen and oxygen atoms in total. The zero-order chi connectivity index (χ0) is 11.9. The molecule has 1 aliphatic carbocycles. The standard InChI is InChI=1S/C13H13N5/c1-2-4-11-10(3-1)14-8-18(11)7-12-15-13(17-16-12)9-5-6-9/h1-4,8-9H,5-7H2,(H,15,16,17). The van der Waals surface area contributed by atoms with Crippen LogP contribution in [0.3, 0.4) is 0 Å². The van der Waals surface area contributed by atoms with Crippen molar-refractivity contribution in [3.05, 3.63) is 42.2 Å². The third kappa shape index (κ3) is 1.59. The first-order valence-electron chi connectivity index (χ1n) is 6.21. The largest absolute Gasteiger partial charge is 0.323 e. The second kappa shape index (κ2) is 3.66. The van der Waals surface area contributed by atoms with Gasteiger partial charge in [-0.1, -0.05) is 12.1 Å². The van der Waals surface area contributed by atoms with E-state index in [-0.39, 0.29) is 0 Å². The van der Waals surface area contributed by atoms with Crippen LogP contribution in [0.15, 0.2) is 30.6 Å². The second-order valence-electron chi connectivity index (χ2n) is 4.78. The number of hydrogen-bond acceptors (Lipinski definition) is 3. The van der Waals surface area contributed by atoms with Crippen molar-refractivity contribution >= 4 is 11.0 Å². The number of imidazole rings is 1. The molecule has 0 bridgehead atoms. The molecule has 1 aromatic carbocycles. The molecule has 90 valence electrons. The number of H-pyrrole nitrogens is 1. The molecule has 2 heterocycles. The van der Waals surface area contributed by atoms with Crippen molar-refractivity contribution in [2.75, 3.05) is 0 Å². The Morgan fingerprint density at radius 1 is 1.28 bits per heavy atom. The van der Waals surface area contributed by atoms with Crippen LogP contribution < -0.4 is 0 Å². The molecule has 0 amide bonds. The summed E-state index contributed by atoms with van der Waals surface area (Å²) >= 11 is 0. The molecule has 2 aromatic heterocycles. The molecule has 0 atom stereocenters. The minimum atomic E-state index is 0.592. The van der Waals surface area contributed by atoms with Gasteiger partial charge in [-0.25, -0.2) is 9.97 Å². The van der Waals surface area contributed by atoms with Crippen LogP contribution in [0.25, 0.3) is 11.0 Å². The van der Waals surface area contributed by atoms with E-state index in [2.05, 4.69) is 30.8 Å². The van der Waals surface area contributed by atoms with Gasteiger partial charge in [-0.05, 0) is 25.0 Å². The maximum atomic E-state index is 4.54. The maximum Gasteiger partial charge on any atom is 0.153 e. The highest BCUT2D eigenvalue weighted by atomic mass is 15.2. The smallest absolute Gasteiger partial charge is 0.153 e. The van der Waals surface area contributed by atoms with Crippen LogP contribution in [-0.4, -0.2) is 24.7 Å². The Morgan fingerprint density at radius 2 is 2.17 bits per heavy atom. The molecule has 0 unspecified atom stereocenters. The summed E-state index contributed by atoms with van der Waals surface area (Å²) in [7, 11) is 0. The number of aromatic amines is 1. The first-order valence-corrected chi connectivity index (χ1v) is 6.21. The number of nitrogens with zero attached hydrogens (tertiary/aromatic N) is 4. The lowest BCUT2D eigenvalue weighted by Crippen LogP contribution is -2.00. The lowest BCUT2D eigenvalue weighted by atomic mass is 10.3. The minimum Gasteiger partial charge on any atom is -0.323 e. The van der Waals surface area contributed by atoms with Gasteiger partial charge in [-0.3, -0.25) is 5.10 Å². The molecule has 0 radical (unpaired) electrons. The van der Waals surface area contributed by atoms with Gasteiger partial charge in [-0.2, -0.15) is 5.10 Å². The average molecular weight is 239 g/mol. The van der Waals surface area contributed by atoms with Crippen LogP contribution in [0, 0.1) is 0 Å². The quantitative estimate of drug-likeness (QED) is 0.761. The maximum absolute atomic E-state index is 4.54. The van der Waals surface area contributed by atoms with E-state index < -0.39 is 0 Å². The van der Waals surface area contributed by atoms with Crippen LogP contribution in [0.2, 0.25) is 0 Å². The Balaban J connectivity index is 1.66. The summed E-state index contributed by atoms with van der Waals surface area (Å²) in [6, 6.07) is 8.11. The highest BCUT2D eigenvalue weighted by molar-refractivity contribution is 5.74. The van der Waals surface area contributed by atoms with E-state index in [1.165, 1.54) is 12.8 Å². The zero-order valence-electron chi connectivity index (χ0n) is 9.87. The van der Waals surface area contributed by atoms with Gasteiger partial charge in [0.25, 0.3) is 0 Å². The Bertz CT molecular complexity index is 692. The van der Waals surface area contributed by atoms with Crippen LogP contribution in [0.1, 0.15) is 30.4 Å². The Morgan fingerprint density at radius 3 is 3.06 bits per heavy atom. The summed E-state index contributed by atoms with van der Waals surface area (Å²) in [5.41, 5.74) is 2.14. The van der Waals surface area contributed by atoms with Crippen LogP contribution in [0.4, 0.5) is 0 Å². The normalized spacial score (nSPS) is 15.3. The molecule has 3 aromatic rings. The van der Waals surface area contributed by atoms with Gasteiger partial charge in [0.05, 0.1) is 23.9 Å². The number of fused-ring (bicyclic) bond motifs is 1. The molecule has 1 aliphatic rings. The molecule has 0 spiro atoms. The first-order chi connectivity index (χ1) is 8.90. The fourth-order valence-electron chi connectivity index (χ4n) is 2.20. The third-order valence-corrected chi connectivity index (χ3v) is 3.34. The van der Waals surface area contributed by atoms with E-state index in [1.54, 1.807) is 0 Å². The van der Waals surface area contributed by atoms with Crippen molar-refractivity contribution in [1.82, 2.24) is 24.7 Å². The Labute approximate surface area is 104 Å². The Hall–Kier alpha value is -2.17. The molecular weight excluding hydrogens is 226 g/mol. The van der Waals surface area contributed by atoms with E-state index in [0.29, 0.717) is 12.5 Å². The number of rotatable bonds is 3. The van der Waals surface area contributed by atoms with Crippen molar-refractivity contribution in [1.29, 1.82) is 0 Å². The van der Waals surface area contributed by atoms with E-state index in [1.807, 2.05) is 24.5 Å². The summed E-state index contributed by atoms with van der Waals surface area (Å²) in [6.07, 6.45) is 4.31. The van der Waals surface area contributed by atoms with E-state index >= 15 is 0 Å². The molecular formula is C13H13N5. The van der Waals surface area contributed by atoms with Crippen molar-refractivity contribution in [3.8, 4) is 0 Å². The van der Waals surface area contributed by atoms with Gasteiger partial charge in [-0.15, -0.1) is 0 Å². The van der Waals surface area contributed by atoms with Crippen LogP contribution >= 0.6 is 0 Å². The minimum absolute atomic E-state index is 0.592. The summed E-state index contributed by atoms with van der Waals surface area (Å²) in [6.45, 7) is 0.695. The van der Waals surface area contributed by atoms with Gasteiger partial charge < -0.3 is 4.57 Å². The number of aromatic nitrogens is 5. The highest BCUT2D eigenvalue weighted by Crippen LogP contribution is 2.37. The molecule has 4 rings (SSSR count).